The predicted octanol–water partition coefficient (Wildman–Crippen LogP) is 2.50. The topological polar surface area (TPSA) is 118 Å². The largest absolute Gasteiger partial charge is 0.478 e. The Balaban J connectivity index is 2.40. The third kappa shape index (κ3) is 4.07. The van der Waals surface area contributed by atoms with E-state index in [0.29, 0.717) is 11.1 Å². The maximum Gasteiger partial charge on any atom is 0.344 e. The van der Waals surface area contributed by atoms with Crippen molar-refractivity contribution in [2.24, 2.45) is 0 Å². The number of carboxylic acid groups (broad SMARTS) is 1. The fraction of sp³-hybridized carbons (Fsp3) is 0. The maximum atomic E-state index is 12.1. The number of esters is 1. The van der Waals surface area contributed by atoms with E-state index in [1.54, 1.807) is 0 Å². The highest BCUT2D eigenvalue weighted by Crippen LogP contribution is 2.20. The van der Waals surface area contributed by atoms with Crippen LogP contribution in [0.1, 0.15) is 20.7 Å². The summed E-state index contributed by atoms with van der Waals surface area (Å²) < 4.78 is 36.0. The van der Waals surface area contributed by atoms with E-state index >= 15 is 0 Å². The third-order valence-electron chi connectivity index (χ3n) is 2.76. The van der Waals surface area contributed by atoms with Crippen molar-refractivity contribution in [2.75, 3.05) is 0 Å². The lowest BCUT2D eigenvalue weighted by Crippen LogP contribution is -2.15. The molecule has 23 heavy (non-hydrogen) atoms. The molecule has 2 aromatic rings. The first kappa shape index (κ1) is 16.9. The first-order valence-corrected chi connectivity index (χ1v) is 7.83. The monoisotopic (exact) mass is 356 g/mol. The number of aromatic carboxylic acids is 1. The fourth-order valence-corrected chi connectivity index (χ4v) is 2.34. The van der Waals surface area contributed by atoms with Gasteiger partial charge in [-0.25, -0.2) is 9.59 Å². The summed E-state index contributed by atoms with van der Waals surface area (Å²) in [5.74, 6) is -2.40. The van der Waals surface area contributed by atoms with Gasteiger partial charge in [0.05, 0.1) is 16.0 Å². The van der Waals surface area contributed by atoms with Crippen LogP contribution in [0.5, 0.6) is 5.75 Å². The number of carbonyl (C=O) groups is 2. The van der Waals surface area contributed by atoms with Crippen molar-refractivity contribution in [1.82, 2.24) is 0 Å². The maximum absolute atomic E-state index is 12.1. The number of carbonyl (C=O) groups excluding carboxylic acids is 1. The zero-order valence-electron chi connectivity index (χ0n) is 11.3. The summed E-state index contributed by atoms with van der Waals surface area (Å²) in [6.45, 7) is 0. The van der Waals surface area contributed by atoms with Crippen LogP contribution in [-0.2, 0) is 10.1 Å². The number of benzene rings is 2. The van der Waals surface area contributed by atoms with Gasteiger partial charge in [-0.15, -0.1) is 0 Å². The second-order valence-corrected chi connectivity index (χ2v) is 6.19. The van der Waals surface area contributed by atoms with Gasteiger partial charge in [-0.3, -0.25) is 4.55 Å². The lowest BCUT2D eigenvalue weighted by atomic mass is 10.1. The molecular formula is C14H9ClO7S. The summed E-state index contributed by atoms with van der Waals surface area (Å²) in [5, 5.41) is 9.53. The zero-order chi connectivity index (χ0) is 17.2. The van der Waals surface area contributed by atoms with Crippen LogP contribution in [0.4, 0.5) is 0 Å². The first-order valence-electron chi connectivity index (χ1n) is 6.01. The van der Waals surface area contributed by atoms with Gasteiger partial charge in [0.1, 0.15) is 5.75 Å². The SMILES string of the molecule is O=C(O)c1cc(S(=O)(=O)O)ccc1C(=O)Oc1ccc(Cl)cc1. The summed E-state index contributed by atoms with van der Waals surface area (Å²) in [7, 11) is -4.60. The highest BCUT2D eigenvalue weighted by Gasteiger charge is 2.22. The number of carboxylic acids is 1. The molecule has 0 saturated heterocycles. The summed E-state index contributed by atoms with van der Waals surface area (Å²) in [6, 6.07) is 8.30. The highest BCUT2D eigenvalue weighted by atomic mass is 35.5. The minimum atomic E-state index is -4.60. The predicted molar refractivity (Wildman–Crippen MR) is 79.6 cm³/mol. The van der Waals surface area contributed by atoms with Crippen LogP contribution < -0.4 is 4.74 Å². The molecule has 0 atom stereocenters. The molecule has 7 nitrogen and oxygen atoms in total. The molecule has 0 aliphatic rings. The molecule has 0 aliphatic carbocycles. The van der Waals surface area contributed by atoms with E-state index in [-0.39, 0.29) is 11.3 Å². The number of ether oxygens (including phenoxy) is 1. The molecule has 0 spiro atoms. The van der Waals surface area contributed by atoms with Gasteiger partial charge >= 0.3 is 11.9 Å². The quantitative estimate of drug-likeness (QED) is 0.490. The minimum Gasteiger partial charge on any atom is -0.478 e. The normalized spacial score (nSPS) is 11.0. The van der Waals surface area contributed by atoms with E-state index in [0.717, 1.165) is 12.1 Å². The molecule has 0 radical (unpaired) electrons. The van der Waals surface area contributed by atoms with Crippen molar-refractivity contribution in [3.05, 3.63) is 58.6 Å². The first-order chi connectivity index (χ1) is 10.7. The Bertz CT molecular complexity index is 872. The third-order valence-corrected chi connectivity index (χ3v) is 3.87. The molecule has 2 rings (SSSR count). The lowest BCUT2D eigenvalue weighted by molar-refractivity contribution is 0.0667. The summed E-state index contributed by atoms with van der Waals surface area (Å²) in [4.78, 5) is 22.6. The molecule has 0 heterocycles. The Labute approximate surface area is 135 Å². The Hall–Kier alpha value is -2.42. The molecule has 0 unspecified atom stereocenters. The molecule has 0 amide bonds. The van der Waals surface area contributed by atoms with E-state index in [2.05, 4.69) is 0 Å². The van der Waals surface area contributed by atoms with E-state index in [4.69, 9.17) is 26.0 Å². The molecule has 9 heteroatoms. The van der Waals surface area contributed by atoms with Gasteiger partial charge in [-0.2, -0.15) is 8.42 Å². The van der Waals surface area contributed by atoms with E-state index < -0.39 is 32.5 Å². The van der Waals surface area contributed by atoms with Crippen LogP contribution >= 0.6 is 11.6 Å². The van der Waals surface area contributed by atoms with Gasteiger partial charge < -0.3 is 9.84 Å². The second-order valence-electron chi connectivity index (χ2n) is 4.33. The smallest absolute Gasteiger partial charge is 0.344 e. The summed E-state index contributed by atoms with van der Waals surface area (Å²) >= 11 is 5.69. The number of hydrogen-bond acceptors (Lipinski definition) is 5. The molecular weight excluding hydrogens is 348 g/mol. The van der Waals surface area contributed by atoms with Crippen LogP contribution in [0.15, 0.2) is 47.4 Å². The van der Waals surface area contributed by atoms with Crippen molar-refractivity contribution in [1.29, 1.82) is 0 Å². The number of halogens is 1. The molecule has 0 bridgehead atoms. The Morgan fingerprint density at radius 3 is 2.13 bits per heavy atom. The average Bonchev–Trinajstić information content (AvgIpc) is 2.48. The average molecular weight is 357 g/mol. The van der Waals surface area contributed by atoms with Crippen LogP contribution in [0.25, 0.3) is 0 Å². The van der Waals surface area contributed by atoms with Crippen molar-refractivity contribution >= 4 is 33.7 Å². The van der Waals surface area contributed by atoms with Gasteiger partial charge in [-0.1, -0.05) is 11.6 Å². The van der Waals surface area contributed by atoms with Gasteiger partial charge in [-0.05, 0) is 42.5 Å². The molecule has 0 aromatic heterocycles. The second kappa shape index (κ2) is 6.37. The van der Waals surface area contributed by atoms with Crippen LogP contribution in [0, 0.1) is 0 Å². The molecule has 0 fully saturated rings. The number of rotatable bonds is 4. The van der Waals surface area contributed by atoms with E-state index in [1.807, 2.05) is 0 Å². The van der Waals surface area contributed by atoms with Gasteiger partial charge in [0.25, 0.3) is 10.1 Å². The van der Waals surface area contributed by atoms with Crippen molar-refractivity contribution in [3.8, 4) is 5.75 Å². The zero-order valence-corrected chi connectivity index (χ0v) is 12.8. The van der Waals surface area contributed by atoms with Crippen molar-refractivity contribution in [2.45, 2.75) is 4.90 Å². The highest BCUT2D eigenvalue weighted by molar-refractivity contribution is 7.85. The van der Waals surface area contributed by atoms with Gasteiger partial charge in [0.15, 0.2) is 0 Å². The van der Waals surface area contributed by atoms with Crippen molar-refractivity contribution < 1.29 is 32.4 Å². The Morgan fingerprint density at radius 1 is 1.00 bits per heavy atom. The summed E-state index contributed by atoms with van der Waals surface area (Å²) in [6.07, 6.45) is 0. The van der Waals surface area contributed by atoms with Gasteiger partial charge in [0, 0.05) is 5.02 Å². The molecule has 0 saturated carbocycles. The van der Waals surface area contributed by atoms with Gasteiger partial charge in [0.2, 0.25) is 0 Å². The lowest BCUT2D eigenvalue weighted by Gasteiger charge is -2.08. The molecule has 2 N–H and O–H groups in total. The molecule has 120 valence electrons. The minimum absolute atomic E-state index is 0.134. The van der Waals surface area contributed by atoms with E-state index in [9.17, 15) is 18.0 Å². The van der Waals surface area contributed by atoms with Crippen molar-refractivity contribution in [3.63, 3.8) is 0 Å². The summed E-state index contributed by atoms with van der Waals surface area (Å²) in [5.41, 5.74) is -0.973. The van der Waals surface area contributed by atoms with Crippen LogP contribution in [0.3, 0.4) is 0 Å². The standard InChI is InChI=1S/C14H9ClO7S/c15-8-1-3-9(4-2-8)22-14(18)11-6-5-10(23(19,20)21)7-12(11)13(16)17/h1-7H,(H,16,17)(H,19,20,21). The van der Waals surface area contributed by atoms with Crippen LogP contribution in [0.2, 0.25) is 5.02 Å². The molecule has 2 aromatic carbocycles. The van der Waals surface area contributed by atoms with Crippen LogP contribution in [-0.4, -0.2) is 30.0 Å². The van der Waals surface area contributed by atoms with E-state index in [1.165, 1.54) is 24.3 Å². The Morgan fingerprint density at radius 2 is 1.61 bits per heavy atom. The Kier molecular flexibility index (Phi) is 4.69. The molecule has 0 aliphatic heterocycles. The fourth-order valence-electron chi connectivity index (χ4n) is 1.70. The number of hydrogen-bond donors (Lipinski definition) is 2.